The van der Waals surface area contributed by atoms with Crippen LogP contribution in [0.15, 0.2) is 42.5 Å². The number of hydrogen-bond donors (Lipinski definition) is 2. The Bertz CT molecular complexity index is 653. The van der Waals surface area contributed by atoms with Crippen molar-refractivity contribution in [3.63, 3.8) is 0 Å². The first kappa shape index (κ1) is 13.3. The van der Waals surface area contributed by atoms with Gasteiger partial charge in [-0.25, -0.2) is 0 Å². The molecule has 5 nitrogen and oxygen atoms in total. The average molecular weight is 284 g/mol. The molecule has 5 heteroatoms. The minimum Gasteiger partial charge on any atom is -0.454 e. The molecule has 0 unspecified atom stereocenters. The summed E-state index contributed by atoms with van der Waals surface area (Å²) >= 11 is 0. The molecule has 3 rings (SSSR count). The SMILES string of the molecule is CCC(=O)Nc1ccc(Nc2ccc3c(c2)OCO3)cc1. The van der Waals surface area contributed by atoms with Gasteiger partial charge in [0.05, 0.1) is 0 Å². The molecule has 2 N–H and O–H groups in total. The van der Waals surface area contributed by atoms with Crippen LogP contribution in [-0.2, 0) is 4.79 Å². The minimum absolute atomic E-state index is 0.00600. The van der Waals surface area contributed by atoms with Gasteiger partial charge in [-0.15, -0.1) is 0 Å². The largest absolute Gasteiger partial charge is 0.454 e. The van der Waals surface area contributed by atoms with E-state index in [1.54, 1.807) is 0 Å². The van der Waals surface area contributed by atoms with E-state index < -0.39 is 0 Å². The lowest BCUT2D eigenvalue weighted by molar-refractivity contribution is -0.115. The van der Waals surface area contributed by atoms with Gasteiger partial charge in [-0.05, 0) is 36.4 Å². The third-order valence-electron chi connectivity index (χ3n) is 3.15. The van der Waals surface area contributed by atoms with Crippen molar-refractivity contribution in [3.05, 3.63) is 42.5 Å². The van der Waals surface area contributed by atoms with Crippen LogP contribution in [0.5, 0.6) is 11.5 Å². The van der Waals surface area contributed by atoms with Gasteiger partial charge in [0.15, 0.2) is 11.5 Å². The molecule has 1 heterocycles. The standard InChI is InChI=1S/C16H16N2O3/c1-2-16(19)18-12-5-3-11(4-6-12)17-13-7-8-14-15(9-13)21-10-20-14/h3-9,17H,2,10H2,1H3,(H,18,19). The number of hydrogen-bond acceptors (Lipinski definition) is 4. The highest BCUT2D eigenvalue weighted by Gasteiger charge is 2.13. The van der Waals surface area contributed by atoms with Crippen molar-refractivity contribution in [2.75, 3.05) is 17.4 Å². The number of carbonyl (C=O) groups is 1. The maximum atomic E-state index is 11.3. The van der Waals surface area contributed by atoms with Crippen LogP contribution in [-0.4, -0.2) is 12.7 Å². The molecule has 1 amide bonds. The van der Waals surface area contributed by atoms with Crippen molar-refractivity contribution in [2.24, 2.45) is 0 Å². The molecule has 0 aliphatic carbocycles. The molecule has 0 fully saturated rings. The molecule has 1 aliphatic rings. The monoisotopic (exact) mass is 284 g/mol. The third-order valence-corrected chi connectivity index (χ3v) is 3.15. The molecule has 2 aromatic rings. The highest BCUT2D eigenvalue weighted by atomic mass is 16.7. The fourth-order valence-electron chi connectivity index (χ4n) is 2.03. The van der Waals surface area contributed by atoms with E-state index in [1.807, 2.05) is 49.4 Å². The van der Waals surface area contributed by atoms with E-state index in [0.29, 0.717) is 6.42 Å². The summed E-state index contributed by atoms with van der Waals surface area (Å²) < 4.78 is 10.6. The highest BCUT2D eigenvalue weighted by Crippen LogP contribution is 2.35. The number of benzene rings is 2. The van der Waals surface area contributed by atoms with Crippen molar-refractivity contribution in [3.8, 4) is 11.5 Å². The molecular weight excluding hydrogens is 268 g/mol. The predicted octanol–water partition coefficient (Wildman–Crippen LogP) is 3.51. The van der Waals surface area contributed by atoms with Crippen LogP contribution >= 0.6 is 0 Å². The van der Waals surface area contributed by atoms with Gasteiger partial charge in [-0.2, -0.15) is 0 Å². The summed E-state index contributed by atoms with van der Waals surface area (Å²) in [6.45, 7) is 2.09. The molecule has 0 saturated heterocycles. The summed E-state index contributed by atoms with van der Waals surface area (Å²) in [5, 5.41) is 6.09. The van der Waals surface area contributed by atoms with Crippen molar-refractivity contribution < 1.29 is 14.3 Å². The number of fused-ring (bicyclic) bond motifs is 1. The second kappa shape index (κ2) is 5.75. The molecule has 0 saturated carbocycles. The molecule has 0 atom stereocenters. The molecule has 108 valence electrons. The summed E-state index contributed by atoms with van der Waals surface area (Å²) in [5.41, 5.74) is 2.64. The zero-order valence-electron chi connectivity index (χ0n) is 11.7. The van der Waals surface area contributed by atoms with Gasteiger partial charge in [0.2, 0.25) is 12.7 Å². The van der Waals surface area contributed by atoms with E-state index in [0.717, 1.165) is 28.6 Å². The Kier molecular flexibility index (Phi) is 3.64. The Morgan fingerprint density at radius 2 is 1.67 bits per heavy atom. The lowest BCUT2D eigenvalue weighted by atomic mass is 10.2. The van der Waals surface area contributed by atoms with Gasteiger partial charge < -0.3 is 20.1 Å². The molecular formula is C16H16N2O3. The van der Waals surface area contributed by atoms with Gasteiger partial charge in [0, 0.05) is 29.5 Å². The van der Waals surface area contributed by atoms with Crippen molar-refractivity contribution in [1.29, 1.82) is 0 Å². The Morgan fingerprint density at radius 1 is 1.00 bits per heavy atom. The Hall–Kier alpha value is -2.69. The maximum Gasteiger partial charge on any atom is 0.231 e. The van der Waals surface area contributed by atoms with Crippen molar-refractivity contribution >= 4 is 23.0 Å². The van der Waals surface area contributed by atoms with E-state index in [-0.39, 0.29) is 12.7 Å². The van der Waals surface area contributed by atoms with Crippen LogP contribution in [0.4, 0.5) is 17.1 Å². The normalized spacial score (nSPS) is 12.0. The topological polar surface area (TPSA) is 59.6 Å². The van der Waals surface area contributed by atoms with E-state index in [9.17, 15) is 4.79 Å². The van der Waals surface area contributed by atoms with Crippen LogP contribution < -0.4 is 20.1 Å². The van der Waals surface area contributed by atoms with E-state index in [2.05, 4.69) is 10.6 Å². The summed E-state index contributed by atoms with van der Waals surface area (Å²) in [5.74, 6) is 1.51. The smallest absolute Gasteiger partial charge is 0.231 e. The number of rotatable bonds is 4. The molecule has 0 aromatic heterocycles. The lowest BCUT2D eigenvalue weighted by Gasteiger charge is -2.09. The predicted molar refractivity (Wildman–Crippen MR) is 81.2 cm³/mol. The van der Waals surface area contributed by atoms with Crippen LogP contribution in [0.2, 0.25) is 0 Å². The fourth-order valence-corrected chi connectivity index (χ4v) is 2.03. The first-order chi connectivity index (χ1) is 10.2. The first-order valence-corrected chi connectivity index (χ1v) is 6.81. The molecule has 1 aliphatic heterocycles. The number of nitrogens with one attached hydrogen (secondary N) is 2. The van der Waals surface area contributed by atoms with Gasteiger partial charge in [-0.1, -0.05) is 6.92 Å². The highest BCUT2D eigenvalue weighted by molar-refractivity contribution is 5.90. The van der Waals surface area contributed by atoms with Crippen LogP contribution in [0.25, 0.3) is 0 Å². The molecule has 0 bridgehead atoms. The van der Waals surface area contributed by atoms with Crippen molar-refractivity contribution in [2.45, 2.75) is 13.3 Å². The van der Waals surface area contributed by atoms with E-state index in [1.165, 1.54) is 0 Å². The lowest BCUT2D eigenvalue weighted by Crippen LogP contribution is -2.09. The zero-order chi connectivity index (χ0) is 14.7. The summed E-state index contributed by atoms with van der Waals surface area (Å²) in [6.07, 6.45) is 0.469. The summed E-state index contributed by atoms with van der Waals surface area (Å²) in [6, 6.07) is 13.3. The summed E-state index contributed by atoms with van der Waals surface area (Å²) in [7, 11) is 0. The summed E-state index contributed by atoms with van der Waals surface area (Å²) in [4.78, 5) is 11.3. The Labute approximate surface area is 122 Å². The van der Waals surface area contributed by atoms with E-state index in [4.69, 9.17) is 9.47 Å². The number of anilines is 3. The fraction of sp³-hybridized carbons (Fsp3) is 0.188. The average Bonchev–Trinajstić information content (AvgIpc) is 2.96. The molecule has 0 radical (unpaired) electrons. The molecule has 21 heavy (non-hydrogen) atoms. The quantitative estimate of drug-likeness (QED) is 0.902. The van der Waals surface area contributed by atoms with Crippen molar-refractivity contribution in [1.82, 2.24) is 0 Å². The third kappa shape index (κ3) is 3.08. The second-order valence-electron chi connectivity index (χ2n) is 4.67. The van der Waals surface area contributed by atoms with Gasteiger partial charge >= 0.3 is 0 Å². The van der Waals surface area contributed by atoms with Gasteiger partial charge in [0.25, 0.3) is 0 Å². The van der Waals surface area contributed by atoms with Crippen LogP contribution in [0.3, 0.4) is 0 Å². The zero-order valence-corrected chi connectivity index (χ0v) is 11.7. The number of carbonyl (C=O) groups excluding carboxylic acids is 1. The van der Waals surface area contributed by atoms with Gasteiger partial charge in [-0.3, -0.25) is 4.79 Å². The Morgan fingerprint density at radius 3 is 2.43 bits per heavy atom. The molecule has 2 aromatic carbocycles. The van der Waals surface area contributed by atoms with Crippen LogP contribution in [0, 0.1) is 0 Å². The van der Waals surface area contributed by atoms with Crippen LogP contribution in [0.1, 0.15) is 13.3 Å². The number of ether oxygens (including phenoxy) is 2. The first-order valence-electron chi connectivity index (χ1n) is 6.81. The molecule has 0 spiro atoms. The maximum absolute atomic E-state index is 11.3. The minimum atomic E-state index is 0.00600. The van der Waals surface area contributed by atoms with Gasteiger partial charge in [0.1, 0.15) is 0 Å². The second-order valence-corrected chi connectivity index (χ2v) is 4.67. The van der Waals surface area contributed by atoms with E-state index >= 15 is 0 Å². The number of amides is 1. The Balaban J connectivity index is 1.69.